The molecule has 17 heavy (non-hydrogen) atoms. The fraction of sp³-hybridized carbons (Fsp3) is 1.00. The van der Waals surface area contributed by atoms with Gasteiger partial charge in [0, 0.05) is 24.7 Å². The van der Waals surface area contributed by atoms with Crippen molar-refractivity contribution in [3.8, 4) is 0 Å². The molecule has 1 aliphatic heterocycles. The maximum Gasteiger partial charge on any atom is 0.0223 e. The second-order valence-corrected chi connectivity index (χ2v) is 6.15. The van der Waals surface area contributed by atoms with E-state index in [-0.39, 0.29) is 0 Å². The molecular weight excluding hydrogens is 208 g/mol. The van der Waals surface area contributed by atoms with Crippen molar-refractivity contribution in [2.75, 3.05) is 13.1 Å². The predicted octanol–water partition coefficient (Wildman–Crippen LogP) is 3.27. The van der Waals surface area contributed by atoms with Crippen LogP contribution in [0.25, 0.3) is 0 Å². The quantitative estimate of drug-likeness (QED) is 0.766. The van der Waals surface area contributed by atoms with E-state index >= 15 is 0 Å². The molecule has 1 heterocycles. The normalized spacial score (nSPS) is 24.5. The van der Waals surface area contributed by atoms with E-state index < -0.39 is 0 Å². The van der Waals surface area contributed by atoms with Crippen molar-refractivity contribution in [2.45, 2.75) is 78.4 Å². The van der Waals surface area contributed by atoms with E-state index in [0.717, 1.165) is 12.0 Å². The van der Waals surface area contributed by atoms with E-state index in [4.69, 9.17) is 0 Å². The van der Waals surface area contributed by atoms with Crippen LogP contribution in [-0.2, 0) is 0 Å². The third kappa shape index (κ3) is 4.59. The van der Waals surface area contributed by atoms with Gasteiger partial charge in [0.15, 0.2) is 0 Å². The monoisotopic (exact) mass is 240 g/mol. The summed E-state index contributed by atoms with van der Waals surface area (Å²) in [5, 5.41) is 3.78. The highest BCUT2D eigenvalue weighted by Crippen LogP contribution is 2.19. The summed E-state index contributed by atoms with van der Waals surface area (Å²) in [5.41, 5.74) is 0. The van der Waals surface area contributed by atoms with Crippen molar-refractivity contribution >= 4 is 0 Å². The van der Waals surface area contributed by atoms with Crippen LogP contribution < -0.4 is 5.32 Å². The van der Waals surface area contributed by atoms with Crippen molar-refractivity contribution in [3.63, 3.8) is 0 Å². The van der Waals surface area contributed by atoms with Gasteiger partial charge in [-0.3, -0.25) is 4.90 Å². The van der Waals surface area contributed by atoms with Gasteiger partial charge in [0.05, 0.1) is 0 Å². The van der Waals surface area contributed by atoms with Crippen LogP contribution in [0.4, 0.5) is 0 Å². The van der Waals surface area contributed by atoms with Gasteiger partial charge in [0.1, 0.15) is 0 Å². The van der Waals surface area contributed by atoms with Crippen LogP contribution in [0.1, 0.15) is 60.3 Å². The largest absolute Gasteiger partial charge is 0.312 e. The number of nitrogens with one attached hydrogen (secondary N) is 1. The topological polar surface area (TPSA) is 15.3 Å². The number of hydrogen-bond acceptors (Lipinski definition) is 2. The minimum Gasteiger partial charge on any atom is -0.312 e. The molecule has 0 radical (unpaired) electrons. The lowest BCUT2D eigenvalue weighted by atomic mass is 9.98. The Labute approximate surface area is 108 Å². The Hall–Kier alpha value is -0.0800. The molecule has 1 aliphatic rings. The van der Waals surface area contributed by atoms with E-state index in [0.29, 0.717) is 12.1 Å². The Balaban J connectivity index is 2.42. The second kappa shape index (κ2) is 7.38. The van der Waals surface area contributed by atoms with Crippen LogP contribution in [0.5, 0.6) is 0 Å². The lowest BCUT2D eigenvalue weighted by Gasteiger charge is -2.39. The van der Waals surface area contributed by atoms with Gasteiger partial charge < -0.3 is 5.32 Å². The molecule has 2 heteroatoms. The molecule has 102 valence electrons. The zero-order valence-electron chi connectivity index (χ0n) is 12.5. The molecule has 1 fully saturated rings. The Morgan fingerprint density at radius 2 is 1.88 bits per heavy atom. The molecule has 0 spiro atoms. The molecule has 0 aliphatic carbocycles. The van der Waals surface area contributed by atoms with Crippen LogP contribution in [0.3, 0.4) is 0 Å². The molecule has 0 bridgehead atoms. The van der Waals surface area contributed by atoms with Crippen LogP contribution >= 0.6 is 0 Å². The molecule has 0 unspecified atom stereocenters. The van der Waals surface area contributed by atoms with E-state index in [1.807, 2.05) is 0 Å². The lowest BCUT2D eigenvalue weighted by molar-refractivity contribution is 0.106. The van der Waals surface area contributed by atoms with Crippen LogP contribution in [0.2, 0.25) is 0 Å². The first-order chi connectivity index (χ1) is 8.06. The maximum absolute atomic E-state index is 3.78. The number of likely N-dealkylation sites (tertiary alicyclic amines) is 1. The van der Waals surface area contributed by atoms with E-state index in [1.54, 1.807) is 0 Å². The SMILES string of the molecule is CC[C@H](NC[C@H]1CCCCN1C(C)C)C(C)C. The first-order valence-corrected chi connectivity index (χ1v) is 7.55. The molecule has 2 nitrogen and oxygen atoms in total. The standard InChI is InChI=1S/C15H32N2/c1-6-15(12(2)3)16-11-14-9-7-8-10-17(14)13(4)5/h12-16H,6-11H2,1-5H3/t14-,15+/m1/s1. The van der Waals surface area contributed by atoms with Crippen molar-refractivity contribution in [3.05, 3.63) is 0 Å². The van der Waals surface area contributed by atoms with E-state index in [2.05, 4.69) is 44.8 Å². The Bertz CT molecular complexity index is 201. The molecule has 0 aromatic rings. The minimum atomic E-state index is 0.686. The van der Waals surface area contributed by atoms with Gasteiger partial charge in [-0.25, -0.2) is 0 Å². The first kappa shape index (κ1) is 15.0. The fourth-order valence-corrected chi connectivity index (χ4v) is 3.06. The van der Waals surface area contributed by atoms with Gasteiger partial charge >= 0.3 is 0 Å². The highest BCUT2D eigenvalue weighted by Gasteiger charge is 2.25. The van der Waals surface area contributed by atoms with Crippen LogP contribution in [0, 0.1) is 5.92 Å². The van der Waals surface area contributed by atoms with Crippen molar-refractivity contribution in [1.29, 1.82) is 0 Å². The van der Waals surface area contributed by atoms with E-state index in [9.17, 15) is 0 Å². The number of nitrogens with zero attached hydrogens (tertiary/aromatic N) is 1. The summed E-state index contributed by atoms with van der Waals surface area (Å²) >= 11 is 0. The molecule has 1 rings (SSSR count). The Morgan fingerprint density at radius 1 is 1.18 bits per heavy atom. The van der Waals surface area contributed by atoms with Crippen LogP contribution in [-0.4, -0.2) is 36.1 Å². The Morgan fingerprint density at radius 3 is 2.41 bits per heavy atom. The van der Waals surface area contributed by atoms with Gasteiger partial charge in [-0.15, -0.1) is 0 Å². The smallest absolute Gasteiger partial charge is 0.0223 e. The summed E-state index contributed by atoms with van der Waals surface area (Å²) in [6, 6.07) is 2.14. The molecular formula is C15H32N2. The van der Waals surface area contributed by atoms with Gasteiger partial charge in [0.2, 0.25) is 0 Å². The zero-order valence-corrected chi connectivity index (χ0v) is 12.5. The van der Waals surface area contributed by atoms with Gasteiger partial charge in [-0.1, -0.05) is 27.2 Å². The maximum atomic E-state index is 3.78. The number of hydrogen-bond donors (Lipinski definition) is 1. The molecule has 0 aromatic heterocycles. The first-order valence-electron chi connectivity index (χ1n) is 7.55. The summed E-state index contributed by atoms with van der Waals surface area (Å²) in [7, 11) is 0. The summed E-state index contributed by atoms with van der Waals surface area (Å²) in [4.78, 5) is 2.68. The average molecular weight is 240 g/mol. The predicted molar refractivity (Wildman–Crippen MR) is 76.4 cm³/mol. The molecule has 1 N–H and O–H groups in total. The molecule has 0 saturated carbocycles. The fourth-order valence-electron chi connectivity index (χ4n) is 3.06. The Kier molecular flexibility index (Phi) is 6.50. The summed E-state index contributed by atoms with van der Waals surface area (Å²) in [6.07, 6.45) is 5.41. The van der Waals surface area contributed by atoms with E-state index in [1.165, 1.54) is 38.8 Å². The highest BCUT2D eigenvalue weighted by atomic mass is 15.2. The van der Waals surface area contributed by atoms with Crippen molar-refractivity contribution in [1.82, 2.24) is 10.2 Å². The van der Waals surface area contributed by atoms with Crippen molar-refractivity contribution < 1.29 is 0 Å². The second-order valence-electron chi connectivity index (χ2n) is 6.15. The van der Waals surface area contributed by atoms with Gasteiger partial charge in [-0.2, -0.15) is 0 Å². The summed E-state index contributed by atoms with van der Waals surface area (Å²) in [5.74, 6) is 0.746. The van der Waals surface area contributed by atoms with Crippen LogP contribution in [0.15, 0.2) is 0 Å². The lowest BCUT2D eigenvalue weighted by Crippen LogP contribution is -2.50. The average Bonchev–Trinajstić information content (AvgIpc) is 2.29. The summed E-state index contributed by atoms with van der Waals surface area (Å²) < 4.78 is 0. The van der Waals surface area contributed by atoms with Crippen molar-refractivity contribution in [2.24, 2.45) is 5.92 Å². The molecule has 0 aromatic carbocycles. The number of piperidine rings is 1. The molecule has 0 amide bonds. The van der Waals surface area contributed by atoms with Gasteiger partial charge in [0.25, 0.3) is 0 Å². The molecule has 2 atom stereocenters. The zero-order chi connectivity index (χ0) is 12.8. The third-order valence-corrected chi connectivity index (χ3v) is 4.20. The minimum absolute atomic E-state index is 0.686. The van der Waals surface area contributed by atoms with Gasteiger partial charge in [-0.05, 0) is 45.6 Å². The molecule has 1 saturated heterocycles. The third-order valence-electron chi connectivity index (χ3n) is 4.20. The highest BCUT2D eigenvalue weighted by molar-refractivity contribution is 4.82. The number of rotatable bonds is 6. The summed E-state index contributed by atoms with van der Waals surface area (Å²) in [6.45, 7) is 14.1.